The van der Waals surface area contributed by atoms with Gasteiger partial charge in [0.05, 0.1) is 5.56 Å². The molecule has 0 atom stereocenters. The summed E-state index contributed by atoms with van der Waals surface area (Å²) in [5.74, 6) is -0.874. The molecule has 0 heterocycles. The average molecular weight is 228 g/mol. The molecule has 0 fully saturated rings. The van der Waals surface area contributed by atoms with Gasteiger partial charge in [-0.05, 0) is 33.9 Å². The Labute approximate surface area is 101 Å². The third-order valence-electron chi connectivity index (χ3n) is 2.92. The standard InChI is InChI=1S/C15H16O2/c1-15(2,3)13-9-11(14(16)17)8-10-6-4-5-7-12(10)13/h4-9H,1-3H3,(H,16,17). The van der Waals surface area contributed by atoms with Crippen molar-refractivity contribution in [2.24, 2.45) is 0 Å². The zero-order valence-electron chi connectivity index (χ0n) is 10.3. The third-order valence-corrected chi connectivity index (χ3v) is 2.92. The molecule has 17 heavy (non-hydrogen) atoms. The van der Waals surface area contributed by atoms with Gasteiger partial charge in [-0.3, -0.25) is 0 Å². The van der Waals surface area contributed by atoms with Gasteiger partial charge >= 0.3 is 5.97 Å². The highest BCUT2D eigenvalue weighted by molar-refractivity contribution is 5.96. The lowest BCUT2D eigenvalue weighted by atomic mass is 9.82. The highest BCUT2D eigenvalue weighted by atomic mass is 16.4. The van der Waals surface area contributed by atoms with Crippen LogP contribution in [-0.4, -0.2) is 11.1 Å². The van der Waals surface area contributed by atoms with E-state index < -0.39 is 5.97 Å². The van der Waals surface area contributed by atoms with Crippen LogP contribution in [0.15, 0.2) is 36.4 Å². The summed E-state index contributed by atoms with van der Waals surface area (Å²) in [5, 5.41) is 11.2. The molecule has 0 spiro atoms. The summed E-state index contributed by atoms with van der Waals surface area (Å²) in [6, 6.07) is 11.4. The molecule has 0 unspecified atom stereocenters. The normalized spacial score (nSPS) is 11.7. The molecule has 0 radical (unpaired) electrons. The Morgan fingerprint density at radius 2 is 1.76 bits per heavy atom. The van der Waals surface area contributed by atoms with Crippen molar-refractivity contribution in [2.45, 2.75) is 26.2 Å². The van der Waals surface area contributed by atoms with Gasteiger partial charge in [0.2, 0.25) is 0 Å². The summed E-state index contributed by atoms with van der Waals surface area (Å²) < 4.78 is 0. The van der Waals surface area contributed by atoms with Gasteiger partial charge in [-0.1, -0.05) is 45.0 Å². The van der Waals surface area contributed by atoms with Gasteiger partial charge in [0.1, 0.15) is 0 Å². The van der Waals surface area contributed by atoms with Gasteiger partial charge in [-0.25, -0.2) is 4.79 Å². The Hall–Kier alpha value is -1.83. The van der Waals surface area contributed by atoms with Crippen molar-refractivity contribution in [2.75, 3.05) is 0 Å². The molecule has 88 valence electrons. The predicted octanol–water partition coefficient (Wildman–Crippen LogP) is 3.84. The van der Waals surface area contributed by atoms with E-state index in [0.29, 0.717) is 5.56 Å². The zero-order valence-corrected chi connectivity index (χ0v) is 10.3. The number of benzene rings is 2. The summed E-state index contributed by atoms with van der Waals surface area (Å²) >= 11 is 0. The second kappa shape index (κ2) is 3.88. The van der Waals surface area contributed by atoms with Crippen LogP contribution >= 0.6 is 0 Å². The zero-order chi connectivity index (χ0) is 12.6. The molecule has 2 nitrogen and oxygen atoms in total. The lowest BCUT2D eigenvalue weighted by Gasteiger charge is -2.22. The van der Waals surface area contributed by atoms with Gasteiger partial charge in [0, 0.05) is 0 Å². The van der Waals surface area contributed by atoms with Gasteiger partial charge in [-0.15, -0.1) is 0 Å². The van der Waals surface area contributed by atoms with E-state index >= 15 is 0 Å². The number of carboxylic acids is 1. The first-order valence-corrected chi connectivity index (χ1v) is 5.66. The van der Waals surface area contributed by atoms with Gasteiger partial charge in [-0.2, -0.15) is 0 Å². The molecule has 0 saturated heterocycles. The van der Waals surface area contributed by atoms with Crippen molar-refractivity contribution in [3.8, 4) is 0 Å². The largest absolute Gasteiger partial charge is 0.478 e. The van der Waals surface area contributed by atoms with E-state index in [1.54, 1.807) is 12.1 Å². The summed E-state index contributed by atoms with van der Waals surface area (Å²) in [7, 11) is 0. The third kappa shape index (κ3) is 2.16. The van der Waals surface area contributed by atoms with E-state index in [0.717, 1.165) is 16.3 Å². The average Bonchev–Trinajstić information content (AvgIpc) is 2.26. The van der Waals surface area contributed by atoms with Crippen molar-refractivity contribution >= 4 is 16.7 Å². The van der Waals surface area contributed by atoms with Crippen LogP contribution in [0, 0.1) is 0 Å². The van der Waals surface area contributed by atoms with E-state index in [1.165, 1.54) is 0 Å². The molecule has 0 aliphatic heterocycles. The number of hydrogen-bond acceptors (Lipinski definition) is 1. The molecule has 2 aromatic rings. The van der Waals surface area contributed by atoms with Gasteiger partial charge < -0.3 is 5.11 Å². The molecule has 0 aliphatic rings. The molecule has 2 heteroatoms. The first-order valence-electron chi connectivity index (χ1n) is 5.66. The Morgan fingerprint density at radius 1 is 1.12 bits per heavy atom. The minimum Gasteiger partial charge on any atom is -0.478 e. The second-order valence-corrected chi connectivity index (χ2v) is 5.30. The molecule has 0 aliphatic carbocycles. The summed E-state index contributed by atoms with van der Waals surface area (Å²) in [6.07, 6.45) is 0. The molecule has 2 aromatic carbocycles. The van der Waals surface area contributed by atoms with Gasteiger partial charge in [0.15, 0.2) is 0 Å². The number of fused-ring (bicyclic) bond motifs is 1. The first-order chi connectivity index (χ1) is 7.89. The van der Waals surface area contributed by atoms with Crippen molar-refractivity contribution < 1.29 is 9.90 Å². The molecule has 0 saturated carbocycles. The molecule has 0 amide bonds. The van der Waals surface area contributed by atoms with E-state index in [2.05, 4.69) is 20.8 Å². The highest BCUT2D eigenvalue weighted by Crippen LogP contribution is 2.31. The van der Waals surface area contributed by atoms with Crippen molar-refractivity contribution in [3.63, 3.8) is 0 Å². The topological polar surface area (TPSA) is 37.3 Å². The lowest BCUT2D eigenvalue weighted by Crippen LogP contribution is -2.13. The first kappa shape index (κ1) is 11.6. The summed E-state index contributed by atoms with van der Waals surface area (Å²) in [5.41, 5.74) is 1.37. The van der Waals surface area contributed by atoms with Crippen molar-refractivity contribution in [3.05, 3.63) is 47.5 Å². The van der Waals surface area contributed by atoms with Crippen molar-refractivity contribution in [1.82, 2.24) is 0 Å². The maximum Gasteiger partial charge on any atom is 0.335 e. The number of rotatable bonds is 1. The smallest absolute Gasteiger partial charge is 0.335 e. The maximum atomic E-state index is 11.1. The Bertz CT molecular complexity index is 577. The van der Waals surface area contributed by atoms with E-state index in [4.69, 9.17) is 5.11 Å². The van der Waals surface area contributed by atoms with Crippen LogP contribution in [0.3, 0.4) is 0 Å². The Morgan fingerprint density at radius 3 is 2.35 bits per heavy atom. The van der Waals surface area contributed by atoms with Crippen LogP contribution in [0.2, 0.25) is 0 Å². The minimum atomic E-state index is -0.874. The molecular formula is C15H16O2. The lowest BCUT2D eigenvalue weighted by molar-refractivity contribution is 0.0697. The predicted molar refractivity (Wildman–Crippen MR) is 69.6 cm³/mol. The highest BCUT2D eigenvalue weighted by Gasteiger charge is 2.19. The molecule has 1 N–H and O–H groups in total. The quantitative estimate of drug-likeness (QED) is 0.805. The van der Waals surface area contributed by atoms with Crippen LogP contribution in [0.25, 0.3) is 10.8 Å². The maximum absolute atomic E-state index is 11.1. The van der Waals surface area contributed by atoms with Crippen molar-refractivity contribution in [1.29, 1.82) is 0 Å². The van der Waals surface area contributed by atoms with Crippen LogP contribution in [-0.2, 0) is 5.41 Å². The number of carboxylic acid groups (broad SMARTS) is 1. The number of aromatic carboxylic acids is 1. The van der Waals surface area contributed by atoms with E-state index in [-0.39, 0.29) is 5.41 Å². The fraction of sp³-hybridized carbons (Fsp3) is 0.267. The van der Waals surface area contributed by atoms with Gasteiger partial charge in [0.25, 0.3) is 0 Å². The van der Waals surface area contributed by atoms with E-state index in [1.807, 2.05) is 24.3 Å². The van der Waals surface area contributed by atoms with E-state index in [9.17, 15) is 4.79 Å². The SMILES string of the molecule is CC(C)(C)c1cc(C(=O)O)cc2ccccc12. The number of carbonyl (C=O) groups is 1. The molecule has 0 bridgehead atoms. The molecule has 2 rings (SSSR count). The fourth-order valence-electron chi connectivity index (χ4n) is 2.05. The molecular weight excluding hydrogens is 212 g/mol. The van der Waals surface area contributed by atoms with Crippen LogP contribution in [0.5, 0.6) is 0 Å². The second-order valence-electron chi connectivity index (χ2n) is 5.30. The fourth-order valence-corrected chi connectivity index (χ4v) is 2.05. The van der Waals surface area contributed by atoms with Crippen LogP contribution < -0.4 is 0 Å². The van der Waals surface area contributed by atoms with Crippen LogP contribution in [0.4, 0.5) is 0 Å². The Kier molecular flexibility index (Phi) is 2.66. The number of hydrogen-bond donors (Lipinski definition) is 1. The monoisotopic (exact) mass is 228 g/mol. The minimum absolute atomic E-state index is 0.0644. The summed E-state index contributed by atoms with van der Waals surface area (Å²) in [6.45, 7) is 6.29. The Balaban J connectivity index is 2.83. The summed E-state index contributed by atoms with van der Waals surface area (Å²) in [4.78, 5) is 11.1. The molecule has 0 aromatic heterocycles. The van der Waals surface area contributed by atoms with Crippen LogP contribution in [0.1, 0.15) is 36.7 Å².